The molecule has 0 spiro atoms. The van der Waals surface area contributed by atoms with Crippen molar-refractivity contribution < 1.29 is 4.84 Å². The fraction of sp³-hybridized carbons (Fsp3) is 0.400. The third-order valence-electron chi connectivity index (χ3n) is 1.01. The van der Waals surface area contributed by atoms with Crippen LogP contribution in [0.1, 0.15) is 12.6 Å². The molecule has 1 heterocycles. The molecule has 10 heavy (non-hydrogen) atoms. The van der Waals surface area contributed by atoms with Crippen LogP contribution in [0.25, 0.3) is 0 Å². The van der Waals surface area contributed by atoms with E-state index in [1.165, 1.54) is 7.11 Å². The lowest BCUT2D eigenvalue weighted by molar-refractivity contribution is 0.213. The van der Waals surface area contributed by atoms with Gasteiger partial charge >= 0.3 is 0 Å². The van der Waals surface area contributed by atoms with Gasteiger partial charge < -0.3 is 4.84 Å². The molecular formula is C5H8N4O. The van der Waals surface area contributed by atoms with Crippen LogP contribution in [0.4, 0.5) is 0 Å². The van der Waals surface area contributed by atoms with Crippen molar-refractivity contribution in [3.8, 4) is 0 Å². The molecule has 0 aliphatic heterocycles. The van der Waals surface area contributed by atoms with Crippen LogP contribution in [0.5, 0.6) is 0 Å². The van der Waals surface area contributed by atoms with E-state index in [1.54, 1.807) is 13.1 Å². The van der Waals surface area contributed by atoms with Gasteiger partial charge in [0.2, 0.25) is 0 Å². The monoisotopic (exact) mass is 140 g/mol. The van der Waals surface area contributed by atoms with E-state index < -0.39 is 0 Å². The second-order valence-electron chi connectivity index (χ2n) is 1.71. The van der Waals surface area contributed by atoms with Crippen LogP contribution in [0, 0.1) is 0 Å². The first kappa shape index (κ1) is 6.73. The maximum Gasteiger partial charge on any atom is 0.130 e. The number of nitrogens with zero attached hydrogens (tertiary/aromatic N) is 3. The number of hydrogen-bond donors (Lipinski definition) is 1. The number of aromatic amines is 1. The SMILES string of the molecule is CON=C(C)c1cn[nH]n1. The van der Waals surface area contributed by atoms with Gasteiger partial charge in [-0.1, -0.05) is 5.16 Å². The Morgan fingerprint density at radius 1 is 1.80 bits per heavy atom. The second-order valence-corrected chi connectivity index (χ2v) is 1.71. The number of H-pyrrole nitrogens is 1. The van der Waals surface area contributed by atoms with E-state index in [4.69, 9.17) is 0 Å². The maximum atomic E-state index is 4.53. The van der Waals surface area contributed by atoms with Gasteiger partial charge in [-0.15, -0.1) is 0 Å². The van der Waals surface area contributed by atoms with Crippen LogP contribution in [0.15, 0.2) is 11.4 Å². The average Bonchev–Trinajstić information content (AvgIpc) is 2.38. The summed E-state index contributed by atoms with van der Waals surface area (Å²) in [6.07, 6.45) is 1.58. The van der Waals surface area contributed by atoms with Crippen molar-refractivity contribution in [1.29, 1.82) is 0 Å². The molecule has 0 fully saturated rings. The van der Waals surface area contributed by atoms with E-state index in [2.05, 4.69) is 25.4 Å². The first-order chi connectivity index (χ1) is 4.84. The summed E-state index contributed by atoms with van der Waals surface area (Å²) in [5, 5.41) is 13.5. The minimum Gasteiger partial charge on any atom is -0.399 e. The summed E-state index contributed by atoms with van der Waals surface area (Å²) in [5.41, 5.74) is 1.40. The summed E-state index contributed by atoms with van der Waals surface area (Å²) in [4.78, 5) is 4.53. The van der Waals surface area contributed by atoms with Gasteiger partial charge in [-0.2, -0.15) is 15.4 Å². The minimum atomic E-state index is 0.696. The summed E-state index contributed by atoms with van der Waals surface area (Å²) < 4.78 is 0. The van der Waals surface area contributed by atoms with Gasteiger partial charge in [0.1, 0.15) is 18.5 Å². The lowest BCUT2D eigenvalue weighted by atomic mass is 10.3. The Labute approximate surface area is 58.1 Å². The first-order valence-corrected chi connectivity index (χ1v) is 2.78. The summed E-state index contributed by atoms with van der Waals surface area (Å²) >= 11 is 0. The van der Waals surface area contributed by atoms with E-state index in [0.29, 0.717) is 11.4 Å². The predicted molar refractivity (Wildman–Crippen MR) is 35.6 cm³/mol. The molecular weight excluding hydrogens is 132 g/mol. The van der Waals surface area contributed by atoms with Crippen LogP contribution < -0.4 is 0 Å². The molecule has 0 radical (unpaired) electrons. The molecule has 0 aromatic carbocycles. The molecule has 0 aliphatic rings. The van der Waals surface area contributed by atoms with Crippen molar-refractivity contribution in [3.63, 3.8) is 0 Å². The molecule has 0 saturated carbocycles. The standard InChI is InChI=1S/C5H8N4O/c1-4(8-10-2)5-3-6-9-7-5/h3H,1-2H3,(H,6,7,9). The molecule has 0 unspecified atom stereocenters. The van der Waals surface area contributed by atoms with Crippen LogP contribution in [-0.2, 0) is 4.84 Å². The van der Waals surface area contributed by atoms with Gasteiger partial charge in [-0.3, -0.25) is 0 Å². The Kier molecular flexibility index (Phi) is 1.99. The summed E-state index contributed by atoms with van der Waals surface area (Å²) in [5.74, 6) is 0. The van der Waals surface area contributed by atoms with Crippen LogP contribution in [0.2, 0.25) is 0 Å². The highest BCUT2D eigenvalue weighted by Gasteiger charge is 1.98. The Hall–Kier alpha value is -1.39. The Morgan fingerprint density at radius 2 is 2.60 bits per heavy atom. The normalized spacial score (nSPS) is 11.6. The smallest absolute Gasteiger partial charge is 0.130 e. The van der Waals surface area contributed by atoms with Gasteiger partial charge in [0.15, 0.2) is 0 Å². The van der Waals surface area contributed by atoms with E-state index in [0.717, 1.165) is 0 Å². The molecule has 1 N–H and O–H groups in total. The highest BCUT2D eigenvalue weighted by molar-refractivity contribution is 5.96. The molecule has 1 aromatic rings. The Balaban J connectivity index is 2.77. The first-order valence-electron chi connectivity index (χ1n) is 2.78. The predicted octanol–water partition coefficient (Wildman–Crippen LogP) is 0.175. The Morgan fingerprint density at radius 3 is 3.10 bits per heavy atom. The lowest BCUT2D eigenvalue weighted by Gasteiger charge is -1.89. The topological polar surface area (TPSA) is 63.2 Å². The molecule has 5 heteroatoms. The van der Waals surface area contributed by atoms with Gasteiger partial charge in [0.25, 0.3) is 0 Å². The van der Waals surface area contributed by atoms with Crippen molar-refractivity contribution in [2.24, 2.45) is 5.16 Å². The summed E-state index contributed by atoms with van der Waals surface area (Å²) in [6, 6.07) is 0. The average molecular weight is 140 g/mol. The van der Waals surface area contributed by atoms with Crippen LogP contribution in [0.3, 0.4) is 0 Å². The van der Waals surface area contributed by atoms with Gasteiger partial charge in [0, 0.05) is 0 Å². The largest absolute Gasteiger partial charge is 0.399 e. The zero-order valence-electron chi connectivity index (χ0n) is 5.83. The molecule has 0 aliphatic carbocycles. The van der Waals surface area contributed by atoms with Gasteiger partial charge in [-0.05, 0) is 6.92 Å². The van der Waals surface area contributed by atoms with Crippen molar-refractivity contribution in [3.05, 3.63) is 11.9 Å². The van der Waals surface area contributed by atoms with E-state index in [-0.39, 0.29) is 0 Å². The third-order valence-corrected chi connectivity index (χ3v) is 1.01. The van der Waals surface area contributed by atoms with Gasteiger partial charge in [0.05, 0.1) is 6.20 Å². The van der Waals surface area contributed by atoms with E-state index in [1.807, 2.05) is 0 Å². The van der Waals surface area contributed by atoms with Crippen molar-refractivity contribution in [2.75, 3.05) is 7.11 Å². The van der Waals surface area contributed by atoms with Crippen molar-refractivity contribution in [1.82, 2.24) is 15.4 Å². The third kappa shape index (κ3) is 1.31. The lowest BCUT2D eigenvalue weighted by Crippen LogP contribution is -1.95. The molecule has 0 amide bonds. The number of nitrogens with one attached hydrogen (secondary N) is 1. The molecule has 54 valence electrons. The zero-order valence-corrected chi connectivity index (χ0v) is 5.83. The molecule has 0 atom stereocenters. The van der Waals surface area contributed by atoms with Gasteiger partial charge in [-0.25, -0.2) is 0 Å². The number of aromatic nitrogens is 3. The molecule has 1 rings (SSSR count). The highest BCUT2D eigenvalue weighted by Crippen LogP contribution is 1.91. The maximum absolute atomic E-state index is 4.53. The van der Waals surface area contributed by atoms with Crippen molar-refractivity contribution in [2.45, 2.75) is 6.92 Å². The number of oxime groups is 1. The highest BCUT2D eigenvalue weighted by atomic mass is 16.6. The van der Waals surface area contributed by atoms with Crippen LogP contribution in [-0.4, -0.2) is 28.2 Å². The molecule has 0 bridgehead atoms. The minimum absolute atomic E-state index is 0.696. The fourth-order valence-corrected chi connectivity index (χ4v) is 0.560. The Bertz CT molecular complexity index is 216. The van der Waals surface area contributed by atoms with Crippen molar-refractivity contribution >= 4 is 5.71 Å². The number of hydrogen-bond acceptors (Lipinski definition) is 4. The summed E-state index contributed by atoms with van der Waals surface area (Å²) in [6.45, 7) is 1.79. The molecule has 5 nitrogen and oxygen atoms in total. The summed E-state index contributed by atoms with van der Waals surface area (Å²) in [7, 11) is 1.49. The molecule has 0 saturated heterocycles. The molecule has 1 aromatic heterocycles. The van der Waals surface area contributed by atoms with Crippen LogP contribution >= 0.6 is 0 Å². The second kappa shape index (κ2) is 2.95. The van der Waals surface area contributed by atoms with E-state index in [9.17, 15) is 0 Å². The zero-order chi connectivity index (χ0) is 7.40. The quantitative estimate of drug-likeness (QED) is 0.470. The fourth-order valence-electron chi connectivity index (χ4n) is 0.560. The van der Waals surface area contributed by atoms with E-state index >= 15 is 0 Å². The number of rotatable bonds is 2.